The molecule has 0 aliphatic heterocycles. The summed E-state index contributed by atoms with van der Waals surface area (Å²) in [6.07, 6.45) is 0.680. The van der Waals surface area contributed by atoms with Crippen LogP contribution >= 0.6 is 0 Å². The highest BCUT2D eigenvalue weighted by Gasteiger charge is 2.56. The predicted molar refractivity (Wildman–Crippen MR) is 86.5 cm³/mol. The van der Waals surface area contributed by atoms with E-state index in [-0.39, 0.29) is 0 Å². The molecule has 2 aromatic rings. The Morgan fingerprint density at radius 2 is 1.54 bits per heavy atom. The normalized spacial score (nSPS) is 14.8. The second kappa shape index (κ2) is 6.03. The molecule has 0 saturated heterocycles. The molecule has 0 atom stereocenters. The summed E-state index contributed by atoms with van der Waals surface area (Å²) in [6.45, 7) is 1.89. The molecule has 2 N–H and O–H groups in total. The smallest absolute Gasteiger partial charge is 0.240 e. The van der Waals surface area contributed by atoms with Crippen molar-refractivity contribution in [3.05, 3.63) is 59.7 Å². The Balaban J connectivity index is 1.75. The highest BCUT2D eigenvalue weighted by atomic mass is 19.1. The first-order valence-corrected chi connectivity index (χ1v) is 7.56. The van der Waals surface area contributed by atoms with Crippen LogP contribution in [-0.2, 0) is 9.59 Å². The maximum atomic E-state index is 13.7. The van der Waals surface area contributed by atoms with Crippen molar-refractivity contribution >= 4 is 23.2 Å². The molecule has 2 aromatic carbocycles. The molecule has 3 rings (SSSR count). The third-order valence-corrected chi connectivity index (χ3v) is 4.10. The fraction of sp³-hybridized carbons (Fsp3) is 0.222. The molecule has 0 radical (unpaired) electrons. The minimum Gasteiger partial charge on any atom is -0.325 e. The molecule has 0 spiro atoms. The van der Waals surface area contributed by atoms with Crippen LogP contribution in [0.1, 0.15) is 18.4 Å². The molecule has 6 heteroatoms. The van der Waals surface area contributed by atoms with Crippen LogP contribution in [0.3, 0.4) is 0 Å². The molecule has 4 nitrogen and oxygen atoms in total. The molecule has 0 heterocycles. The number of nitrogens with one attached hydrogen (secondary N) is 2. The van der Waals surface area contributed by atoms with Crippen molar-refractivity contribution in [2.45, 2.75) is 19.8 Å². The number of hydrogen-bond acceptors (Lipinski definition) is 2. The zero-order chi connectivity index (χ0) is 17.3. The molecule has 2 amide bonds. The van der Waals surface area contributed by atoms with Crippen LogP contribution in [0.25, 0.3) is 0 Å². The molecule has 124 valence electrons. The lowest BCUT2D eigenvalue weighted by Crippen LogP contribution is -2.36. The van der Waals surface area contributed by atoms with Crippen molar-refractivity contribution < 1.29 is 18.4 Å². The Morgan fingerprint density at radius 1 is 0.958 bits per heavy atom. The number of rotatable bonds is 4. The maximum Gasteiger partial charge on any atom is 0.240 e. The molecule has 0 aromatic heterocycles. The quantitative estimate of drug-likeness (QED) is 0.841. The SMILES string of the molecule is Cc1cccc(NC(=O)C2(C(=O)Nc3c(F)cccc3F)CC2)c1. The topological polar surface area (TPSA) is 58.2 Å². The van der Waals surface area contributed by atoms with Crippen molar-refractivity contribution in [3.63, 3.8) is 0 Å². The summed E-state index contributed by atoms with van der Waals surface area (Å²) in [6, 6.07) is 10.5. The average molecular weight is 330 g/mol. The van der Waals surface area contributed by atoms with E-state index >= 15 is 0 Å². The number of anilines is 2. The Kier molecular flexibility index (Phi) is 4.05. The van der Waals surface area contributed by atoms with Gasteiger partial charge in [0.15, 0.2) is 0 Å². The number of para-hydroxylation sites is 1. The second-order valence-electron chi connectivity index (χ2n) is 5.96. The molecule has 1 fully saturated rings. The average Bonchev–Trinajstić information content (AvgIpc) is 3.33. The number of aryl methyl sites for hydroxylation is 1. The molecule has 1 aliphatic carbocycles. The summed E-state index contributed by atoms with van der Waals surface area (Å²) in [5.41, 5.74) is -0.262. The summed E-state index contributed by atoms with van der Waals surface area (Å²) in [5.74, 6) is -2.92. The van der Waals surface area contributed by atoms with E-state index in [0.29, 0.717) is 18.5 Å². The Labute approximate surface area is 137 Å². The summed E-state index contributed by atoms with van der Waals surface area (Å²) in [7, 11) is 0. The van der Waals surface area contributed by atoms with Gasteiger partial charge in [-0.1, -0.05) is 18.2 Å². The minimum absolute atomic E-state index is 0.340. The van der Waals surface area contributed by atoms with E-state index in [0.717, 1.165) is 17.7 Å². The van der Waals surface area contributed by atoms with Crippen LogP contribution in [0.2, 0.25) is 0 Å². The van der Waals surface area contributed by atoms with Gasteiger partial charge >= 0.3 is 0 Å². The van der Waals surface area contributed by atoms with Gasteiger partial charge in [0.2, 0.25) is 11.8 Å². The summed E-state index contributed by atoms with van der Waals surface area (Å²) in [4.78, 5) is 24.8. The lowest BCUT2D eigenvalue weighted by atomic mass is 10.0. The van der Waals surface area contributed by atoms with Crippen molar-refractivity contribution in [1.29, 1.82) is 0 Å². The Bertz CT molecular complexity index is 796. The van der Waals surface area contributed by atoms with Gasteiger partial charge in [-0.05, 0) is 49.6 Å². The zero-order valence-corrected chi connectivity index (χ0v) is 13.0. The van der Waals surface area contributed by atoms with Crippen molar-refractivity contribution in [2.75, 3.05) is 10.6 Å². The first kappa shape index (κ1) is 16.1. The van der Waals surface area contributed by atoms with Crippen molar-refractivity contribution in [1.82, 2.24) is 0 Å². The molecule has 1 saturated carbocycles. The van der Waals surface area contributed by atoms with Crippen molar-refractivity contribution in [3.8, 4) is 0 Å². The lowest BCUT2D eigenvalue weighted by Gasteiger charge is -2.16. The highest BCUT2D eigenvalue weighted by Crippen LogP contribution is 2.47. The number of benzene rings is 2. The van der Waals surface area contributed by atoms with Gasteiger partial charge in [0.1, 0.15) is 22.7 Å². The molecular weight excluding hydrogens is 314 g/mol. The number of carbonyl (C=O) groups is 2. The molecule has 0 bridgehead atoms. The monoisotopic (exact) mass is 330 g/mol. The van der Waals surface area contributed by atoms with Gasteiger partial charge in [0, 0.05) is 5.69 Å². The third-order valence-electron chi connectivity index (χ3n) is 4.10. The van der Waals surface area contributed by atoms with E-state index in [2.05, 4.69) is 10.6 Å². The predicted octanol–water partition coefficient (Wildman–Crippen LogP) is 3.63. The van der Waals surface area contributed by atoms with E-state index < -0.39 is 34.6 Å². The first-order valence-electron chi connectivity index (χ1n) is 7.56. The third kappa shape index (κ3) is 2.99. The summed E-state index contributed by atoms with van der Waals surface area (Å²) in [5, 5.41) is 4.90. The van der Waals surface area contributed by atoms with Gasteiger partial charge in [0.25, 0.3) is 0 Å². The summed E-state index contributed by atoms with van der Waals surface area (Å²) < 4.78 is 27.3. The van der Waals surface area contributed by atoms with Crippen molar-refractivity contribution in [2.24, 2.45) is 5.41 Å². The van der Waals surface area contributed by atoms with Crippen LogP contribution < -0.4 is 10.6 Å². The zero-order valence-electron chi connectivity index (χ0n) is 13.0. The Hall–Kier alpha value is -2.76. The van der Waals surface area contributed by atoms with Crippen LogP contribution in [0, 0.1) is 24.0 Å². The van der Waals surface area contributed by atoms with Crippen LogP contribution in [-0.4, -0.2) is 11.8 Å². The minimum atomic E-state index is -1.28. The molecule has 24 heavy (non-hydrogen) atoms. The number of hydrogen-bond donors (Lipinski definition) is 2. The van der Waals surface area contributed by atoms with Crippen LogP contribution in [0.5, 0.6) is 0 Å². The number of carbonyl (C=O) groups excluding carboxylic acids is 2. The highest BCUT2D eigenvalue weighted by molar-refractivity contribution is 6.16. The van der Waals surface area contributed by atoms with Gasteiger partial charge in [0.05, 0.1) is 0 Å². The molecule has 0 unspecified atom stereocenters. The maximum absolute atomic E-state index is 13.7. The summed E-state index contributed by atoms with van der Waals surface area (Å²) >= 11 is 0. The number of amides is 2. The van der Waals surface area contributed by atoms with Crippen LogP contribution in [0.4, 0.5) is 20.2 Å². The largest absolute Gasteiger partial charge is 0.325 e. The standard InChI is InChI=1S/C18H16F2N2O2/c1-11-4-2-5-12(10-11)21-16(23)18(8-9-18)17(24)22-15-13(19)6-3-7-14(15)20/h2-7,10H,8-9H2,1H3,(H,21,23)(H,22,24). The van der Waals surface area contributed by atoms with E-state index in [4.69, 9.17) is 0 Å². The van der Waals surface area contributed by atoms with Gasteiger partial charge < -0.3 is 10.6 Å². The second-order valence-corrected chi connectivity index (χ2v) is 5.96. The van der Waals surface area contributed by atoms with Gasteiger partial charge in [-0.15, -0.1) is 0 Å². The van der Waals surface area contributed by atoms with Gasteiger partial charge in [-0.3, -0.25) is 9.59 Å². The fourth-order valence-electron chi connectivity index (χ4n) is 2.51. The van der Waals surface area contributed by atoms with E-state index in [9.17, 15) is 18.4 Å². The van der Waals surface area contributed by atoms with Crippen LogP contribution in [0.15, 0.2) is 42.5 Å². The van der Waals surface area contributed by atoms with Gasteiger partial charge in [-0.2, -0.15) is 0 Å². The van der Waals surface area contributed by atoms with E-state index in [1.165, 1.54) is 6.07 Å². The number of halogens is 2. The first-order chi connectivity index (χ1) is 11.4. The van der Waals surface area contributed by atoms with E-state index in [1.807, 2.05) is 13.0 Å². The lowest BCUT2D eigenvalue weighted by molar-refractivity contribution is -0.131. The Morgan fingerprint density at radius 3 is 2.12 bits per heavy atom. The van der Waals surface area contributed by atoms with Gasteiger partial charge in [-0.25, -0.2) is 8.78 Å². The molecular formula is C18H16F2N2O2. The fourth-order valence-corrected chi connectivity index (χ4v) is 2.51. The molecule has 1 aliphatic rings. The van der Waals surface area contributed by atoms with E-state index in [1.54, 1.807) is 18.2 Å².